The Labute approximate surface area is 227 Å². The van der Waals surface area contributed by atoms with Crippen LogP contribution in [0.4, 0.5) is 0 Å². The second kappa shape index (κ2) is 10.9. The molecule has 0 bridgehead atoms. The summed E-state index contributed by atoms with van der Waals surface area (Å²) in [7, 11) is 3.15. The fraction of sp³-hybridized carbons (Fsp3) is 0.179. The van der Waals surface area contributed by atoms with Crippen LogP contribution in [0.3, 0.4) is 0 Å². The van der Waals surface area contributed by atoms with Crippen molar-refractivity contribution in [2.75, 3.05) is 14.2 Å². The lowest BCUT2D eigenvalue weighted by Crippen LogP contribution is -2.23. The van der Waals surface area contributed by atoms with E-state index in [1.54, 1.807) is 25.0 Å². The summed E-state index contributed by atoms with van der Waals surface area (Å²) in [5.74, 6) is 1.03. The molecule has 0 aliphatic rings. The Balaban J connectivity index is 1.40. The van der Waals surface area contributed by atoms with Gasteiger partial charge in [-0.05, 0) is 49.7 Å². The second-order valence-electron chi connectivity index (χ2n) is 8.73. The van der Waals surface area contributed by atoms with E-state index < -0.39 is 5.91 Å². The van der Waals surface area contributed by atoms with Gasteiger partial charge in [-0.3, -0.25) is 9.59 Å². The molecule has 0 spiro atoms. The van der Waals surface area contributed by atoms with Crippen LogP contribution >= 0.6 is 11.3 Å². The fourth-order valence-corrected chi connectivity index (χ4v) is 5.20. The molecule has 0 aliphatic carbocycles. The van der Waals surface area contributed by atoms with Gasteiger partial charge < -0.3 is 14.5 Å². The van der Waals surface area contributed by atoms with Gasteiger partial charge >= 0.3 is 0 Å². The van der Waals surface area contributed by atoms with Crippen LogP contribution in [0, 0.1) is 13.8 Å². The van der Waals surface area contributed by atoms with Gasteiger partial charge in [-0.2, -0.15) is 10.2 Å². The number of aromatic nitrogens is 4. The minimum absolute atomic E-state index is 0.121. The molecule has 10 nitrogen and oxygen atoms in total. The number of methoxy groups -OCH3 is 2. The number of aromatic amines is 1. The number of benzene rings is 2. The Morgan fingerprint density at radius 2 is 1.90 bits per heavy atom. The van der Waals surface area contributed by atoms with Crippen molar-refractivity contribution in [1.29, 1.82) is 0 Å². The van der Waals surface area contributed by atoms with Crippen molar-refractivity contribution in [1.82, 2.24) is 25.2 Å². The minimum atomic E-state index is -0.415. The summed E-state index contributed by atoms with van der Waals surface area (Å²) in [5.41, 5.74) is 6.14. The highest BCUT2D eigenvalue weighted by Crippen LogP contribution is 2.33. The second-order valence-corrected chi connectivity index (χ2v) is 9.93. The van der Waals surface area contributed by atoms with Crippen molar-refractivity contribution in [2.45, 2.75) is 20.3 Å². The third-order valence-corrected chi connectivity index (χ3v) is 7.33. The number of H-pyrrole nitrogens is 1. The highest BCUT2D eigenvalue weighted by atomic mass is 32.1. The van der Waals surface area contributed by atoms with Crippen LogP contribution < -0.4 is 20.5 Å². The lowest BCUT2D eigenvalue weighted by atomic mass is 10.1. The quantitative estimate of drug-likeness (QED) is 0.224. The van der Waals surface area contributed by atoms with Gasteiger partial charge in [0.05, 0.1) is 37.9 Å². The molecule has 5 rings (SSSR count). The van der Waals surface area contributed by atoms with E-state index in [4.69, 9.17) is 14.6 Å². The van der Waals surface area contributed by atoms with E-state index in [0.29, 0.717) is 33.0 Å². The van der Waals surface area contributed by atoms with Crippen molar-refractivity contribution in [2.24, 2.45) is 5.10 Å². The molecule has 11 heteroatoms. The third-order valence-electron chi connectivity index (χ3n) is 6.23. The summed E-state index contributed by atoms with van der Waals surface area (Å²) in [6, 6.07) is 15.2. The molecular weight excluding hydrogens is 516 g/mol. The van der Waals surface area contributed by atoms with Crippen LogP contribution in [0.15, 0.2) is 64.6 Å². The molecule has 198 valence electrons. The first kappa shape index (κ1) is 25.9. The standard InChI is InChI=1S/C28H26N6O4S/c1-16-17(2)39-28-25(16)27(36)30-23(31-28)13-24(35)32-29-14-19-15-34(20-8-6-5-7-9-20)33-26(19)18-10-11-21(37-3)22(12-18)38-4/h5-12,14-15H,13H2,1-4H3,(H,32,35)(H,30,31,36). The number of para-hydroxylation sites is 1. The molecule has 2 aromatic carbocycles. The first-order valence-corrected chi connectivity index (χ1v) is 12.9. The van der Waals surface area contributed by atoms with Gasteiger partial charge in [0, 0.05) is 22.2 Å². The zero-order valence-corrected chi connectivity index (χ0v) is 22.6. The average Bonchev–Trinajstić information content (AvgIpc) is 3.49. The van der Waals surface area contributed by atoms with E-state index >= 15 is 0 Å². The Hall–Kier alpha value is -4.77. The van der Waals surface area contributed by atoms with Gasteiger partial charge in [-0.25, -0.2) is 15.1 Å². The van der Waals surface area contributed by atoms with Crippen LogP contribution in [-0.4, -0.2) is 46.1 Å². The number of amides is 1. The zero-order chi connectivity index (χ0) is 27.5. The summed E-state index contributed by atoms with van der Waals surface area (Å²) in [5, 5.41) is 9.49. The normalized spacial score (nSPS) is 11.3. The maximum Gasteiger partial charge on any atom is 0.259 e. The first-order valence-electron chi connectivity index (χ1n) is 12.1. The van der Waals surface area contributed by atoms with Gasteiger partial charge in [0.15, 0.2) is 11.5 Å². The van der Waals surface area contributed by atoms with E-state index in [1.807, 2.05) is 62.5 Å². The number of ether oxygens (including phenoxy) is 2. The number of fused-ring (bicyclic) bond motifs is 1. The van der Waals surface area contributed by atoms with Crippen molar-refractivity contribution < 1.29 is 14.3 Å². The van der Waals surface area contributed by atoms with Crippen molar-refractivity contribution in [3.8, 4) is 28.4 Å². The first-order chi connectivity index (χ1) is 18.9. The van der Waals surface area contributed by atoms with Crippen LogP contribution in [0.1, 0.15) is 21.8 Å². The number of rotatable bonds is 8. The number of nitrogens with one attached hydrogen (secondary N) is 2. The van der Waals surface area contributed by atoms with Crippen molar-refractivity contribution in [3.63, 3.8) is 0 Å². The molecule has 0 fully saturated rings. The largest absolute Gasteiger partial charge is 0.493 e. The Morgan fingerprint density at radius 1 is 1.13 bits per heavy atom. The molecule has 0 atom stereocenters. The highest BCUT2D eigenvalue weighted by Gasteiger charge is 2.16. The van der Waals surface area contributed by atoms with Gasteiger partial charge in [0.2, 0.25) is 5.91 Å². The molecule has 0 saturated heterocycles. The summed E-state index contributed by atoms with van der Waals surface area (Å²) in [6.07, 6.45) is 3.23. The lowest BCUT2D eigenvalue weighted by Gasteiger charge is -2.09. The number of aryl methyl sites for hydroxylation is 2. The van der Waals surface area contributed by atoms with Gasteiger partial charge in [-0.15, -0.1) is 11.3 Å². The van der Waals surface area contributed by atoms with E-state index in [2.05, 4.69) is 20.5 Å². The molecule has 39 heavy (non-hydrogen) atoms. The maximum atomic E-state index is 12.6. The zero-order valence-electron chi connectivity index (χ0n) is 21.8. The molecule has 0 aliphatic heterocycles. The van der Waals surface area contributed by atoms with Crippen molar-refractivity contribution >= 4 is 33.7 Å². The summed E-state index contributed by atoms with van der Waals surface area (Å²) >= 11 is 1.44. The Kier molecular flexibility index (Phi) is 7.24. The van der Waals surface area contributed by atoms with Crippen molar-refractivity contribution in [3.05, 3.63) is 86.9 Å². The Bertz CT molecular complexity index is 1750. The van der Waals surface area contributed by atoms with Crippen LogP contribution in [0.25, 0.3) is 27.2 Å². The molecule has 2 N–H and O–H groups in total. The van der Waals surface area contributed by atoms with Gasteiger partial charge in [0.25, 0.3) is 5.56 Å². The summed E-state index contributed by atoms with van der Waals surface area (Å²) < 4.78 is 12.6. The monoisotopic (exact) mass is 542 g/mol. The number of carbonyl (C=O) groups excluding carboxylic acids is 1. The molecule has 1 amide bonds. The van der Waals surface area contributed by atoms with E-state index in [9.17, 15) is 9.59 Å². The fourth-order valence-electron chi connectivity index (χ4n) is 4.15. The van der Waals surface area contributed by atoms with Gasteiger partial charge in [-0.1, -0.05) is 18.2 Å². The molecule has 5 aromatic rings. The topological polar surface area (TPSA) is 123 Å². The van der Waals surface area contributed by atoms with Crippen LogP contribution in [0.5, 0.6) is 11.5 Å². The maximum absolute atomic E-state index is 12.6. The van der Waals surface area contributed by atoms with Crippen LogP contribution in [0.2, 0.25) is 0 Å². The number of hydrogen-bond acceptors (Lipinski definition) is 8. The molecule has 0 unspecified atom stereocenters. The summed E-state index contributed by atoms with van der Waals surface area (Å²) in [6.45, 7) is 3.83. The smallest absolute Gasteiger partial charge is 0.259 e. The molecular formula is C28H26N6O4S. The molecule has 0 saturated carbocycles. The molecule has 0 radical (unpaired) electrons. The lowest BCUT2D eigenvalue weighted by molar-refractivity contribution is -0.120. The number of nitrogens with zero attached hydrogens (tertiary/aromatic N) is 4. The van der Waals surface area contributed by atoms with Gasteiger partial charge in [0.1, 0.15) is 16.3 Å². The minimum Gasteiger partial charge on any atom is -0.493 e. The van der Waals surface area contributed by atoms with Crippen LogP contribution in [-0.2, 0) is 11.2 Å². The highest BCUT2D eigenvalue weighted by molar-refractivity contribution is 7.18. The molecule has 3 heterocycles. The number of hydrogen-bond donors (Lipinski definition) is 2. The predicted molar refractivity (Wildman–Crippen MR) is 151 cm³/mol. The Morgan fingerprint density at radius 3 is 2.64 bits per heavy atom. The third kappa shape index (κ3) is 5.30. The molecule has 3 aromatic heterocycles. The van der Waals surface area contributed by atoms with E-state index in [0.717, 1.165) is 21.7 Å². The van der Waals surface area contributed by atoms with E-state index in [1.165, 1.54) is 17.6 Å². The van der Waals surface area contributed by atoms with E-state index in [-0.39, 0.29) is 17.8 Å². The predicted octanol–water partition coefficient (Wildman–Crippen LogP) is 4.16. The summed E-state index contributed by atoms with van der Waals surface area (Å²) in [4.78, 5) is 33.9. The number of hydrazone groups is 1. The number of carbonyl (C=O) groups is 1. The SMILES string of the molecule is COc1ccc(-c2nn(-c3ccccc3)cc2C=NNC(=O)Cc2nc3sc(C)c(C)c3c(=O)[nH]2)cc1OC. The number of thiophene rings is 1. The average molecular weight is 543 g/mol.